The lowest BCUT2D eigenvalue weighted by Crippen LogP contribution is -2.29. The van der Waals surface area contributed by atoms with E-state index >= 15 is 0 Å². The average Bonchev–Trinajstić information content (AvgIpc) is 2.76. The number of esters is 1. The standard InChI is InChI=1S/C14H25N3O3/c1-8(2)10(7-18)5-12(16-17-15)13-6-11(9(3)4)14(19)20-13/h8-13,18H,5-7H2,1-4H3. The highest BCUT2D eigenvalue weighted by Gasteiger charge is 2.40. The van der Waals surface area contributed by atoms with E-state index < -0.39 is 6.04 Å². The van der Waals surface area contributed by atoms with Crippen molar-refractivity contribution in [2.45, 2.75) is 52.7 Å². The predicted octanol–water partition coefficient (Wildman–Crippen LogP) is 2.91. The molecule has 1 aliphatic rings. The van der Waals surface area contributed by atoms with Gasteiger partial charge in [-0.3, -0.25) is 4.79 Å². The number of azide groups is 1. The second-order valence-corrected chi connectivity index (χ2v) is 6.26. The summed E-state index contributed by atoms with van der Waals surface area (Å²) in [5.41, 5.74) is 8.72. The van der Waals surface area contributed by atoms with Gasteiger partial charge in [0.25, 0.3) is 0 Å². The highest BCUT2D eigenvalue weighted by atomic mass is 16.6. The average molecular weight is 283 g/mol. The van der Waals surface area contributed by atoms with Gasteiger partial charge in [-0.05, 0) is 36.1 Å². The first kappa shape index (κ1) is 16.8. The predicted molar refractivity (Wildman–Crippen MR) is 75.8 cm³/mol. The number of cyclic esters (lactones) is 1. The van der Waals surface area contributed by atoms with Crippen molar-refractivity contribution in [3.05, 3.63) is 10.4 Å². The quantitative estimate of drug-likeness (QED) is 0.337. The summed E-state index contributed by atoms with van der Waals surface area (Å²) in [6, 6.07) is -0.396. The van der Waals surface area contributed by atoms with Crippen LogP contribution in [0, 0.1) is 23.7 Å². The Hall–Kier alpha value is -1.26. The molecule has 0 bridgehead atoms. The number of aliphatic hydroxyl groups excluding tert-OH is 1. The zero-order valence-corrected chi connectivity index (χ0v) is 12.7. The molecule has 0 aliphatic carbocycles. The second kappa shape index (κ2) is 7.50. The highest BCUT2D eigenvalue weighted by molar-refractivity contribution is 5.75. The van der Waals surface area contributed by atoms with Crippen LogP contribution in [-0.4, -0.2) is 29.8 Å². The van der Waals surface area contributed by atoms with E-state index in [4.69, 9.17) is 10.3 Å². The van der Waals surface area contributed by atoms with Gasteiger partial charge in [0.2, 0.25) is 0 Å². The summed E-state index contributed by atoms with van der Waals surface area (Å²) in [6.07, 6.45) is 0.774. The van der Waals surface area contributed by atoms with Crippen LogP contribution in [0.3, 0.4) is 0 Å². The number of hydrogen-bond donors (Lipinski definition) is 1. The number of rotatable bonds is 7. The molecule has 1 rings (SSSR count). The van der Waals surface area contributed by atoms with Crippen molar-refractivity contribution >= 4 is 5.97 Å². The Bertz CT molecular complexity index is 378. The summed E-state index contributed by atoms with van der Waals surface area (Å²) < 4.78 is 5.39. The van der Waals surface area contributed by atoms with Crippen LogP contribution in [0.4, 0.5) is 0 Å². The largest absolute Gasteiger partial charge is 0.462 e. The monoisotopic (exact) mass is 283 g/mol. The van der Waals surface area contributed by atoms with Crippen molar-refractivity contribution in [3.63, 3.8) is 0 Å². The van der Waals surface area contributed by atoms with Gasteiger partial charge in [-0.15, -0.1) is 0 Å². The van der Waals surface area contributed by atoms with Crippen molar-refractivity contribution in [2.75, 3.05) is 6.61 Å². The normalized spacial score (nSPS) is 25.4. The fourth-order valence-corrected chi connectivity index (χ4v) is 2.62. The Kier molecular flexibility index (Phi) is 6.30. The molecule has 1 saturated heterocycles. The number of nitrogens with zero attached hydrogens (tertiary/aromatic N) is 3. The van der Waals surface area contributed by atoms with Crippen LogP contribution < -0.4 is 0 Å². The fraction of sp³-hybridized carbons (Fsp3) is 0.929. The lowest BCUT2D eigenvalue weighted by atomic mass is 9.85. The molecule has 0 aromatic heterocycles. The summed E-state index contributed by atoms with van der Waals surface area (Å²) >= 11 is 0. The maximum atomic E-state index is 11.8. The third-order valence-corrected chi connectivity index (χ3v) is 4.21. The van der Waals surface area contributed by atoms with Crippen molar-refractivity contribution in [1.29, 1.82) is 0 Å². The van der Waals surface area contributed by atoms with Gasteiger partial charge >= 0.3 is 5.97 Å². The zero-order chi connectivity index (χ0) is 15.3. The minimum atomic E-state index is -0.396. The molecule has 6 heteroatoms. The molecule has 4 atom stereocenters. The van der Waals surface area contributed by atoms with E-state index in [1.165, 1.54) is 0 Å². The van der Waals surface area contributed by atoms with E-state index in [1.54, 1.807) is 0 Å². The number of carbonyl (C=O) groups is 1. The molecule has 1 N–H and O–H groups in total. The third-order valence-electron chi connectivity index (χ3n) is 4.21. The van der Waals surface area contributed by atoms with Crippen LogP contribution in [0.5, 0.6) is 0 Å². The topological polar surface area (TPSA) is 95.3 Å². The molecule has 0 spiro atoms. The van der Waals surface area contributed by atoms with E-state index in [9.17, 15) is 9.90 Å². The maximum absolute atomic E-state index is 11.8. The zero-order valence-electron chi connectivity index (χ0n) is 12.7. The molecule has 1 fully saturated rings. The molecular weight excluding hydrogens is 258 g/mol. The minimum absolute atomic E-state index is 0.0438. The Morgan fingerprint density at radius 2 is 2.10 bits per heavy atom. The van der Waals surface area contributed by atoms with E-state index in [2.05, 4.69) is 10.0 Å². The van der Waals surface area contributed by atoms with Gasteiger partial charge < -0.3 is 9.84 Å². The van der Waals surface area contributed by atoms with E-state index in [0.29, 0.717) is 12.8 Å². The van der Waals surface area contributed by atoms with Crippen LogP contribution in [-0.2, 0) is 9.53 Å². The molecule has 0 saturated carbocycles. The van der Waals surface area contributed by atoms with Crippen LogP contribution in [0.1, 0.15) is 40.5 Å². The second-order valence-electron chi connectivity index (χ2n) is 6.26. The number of carbonyl (C=O) groups excluding carboxylic acids is 1. The van der Waals surface area contributed by atoms with Gasteiger partial charge in [-0.2, -0.15) is 0 Å². The lowest BCUT2D eigenvalue weighted by Gasteiger charge is -2.25. The maximum Gasteiger partial charge on any atom is 0.309 e. The van der Waals surface area contributed by atoms with Crippen molar-refractivity contribution < 1.29 is 14.6 Å². The first-order chi connectivity index (χ1) is 9.40. The highest BCUT2D eigenvalue weighted by Crippen LogP contribution is 2.33. The van der Waals surface area contributed by atoms with Crippen molar-refractivity contribution in [1.82, 2.24) is 0 Å². The van der Waals surface area contributed by atoms with Crippen LogP contribution >= 0.6 is 0 Å². The summed E-state index contributed by atoms with van der Waals surface area (Å²) in [7, 11) is 0. The Morgan fingerprint density at radius 3 is 2.50 bits per heavy atom. The first-order valence-corrected chi connectivity index (χ1v) is 7.26. The number of aliphatic hydroxyl groups is 1. The van der Waals surface area contributed by atoms with Crippen LogP contribution in [0.25, 0.3) is 10.4 Å². The molecule has 0 aromatic carbocycles. The van der Waals surface area contributed by atoms with Crippen LogP contribution in [0.2, 0.25) is 0 Å². The molecule has 114 valence electrons. The fourth-order valence-electron chi connectivity index (χ4n) is 2.62. The van der Waals surface area contributed by atoms with Crippen molar-refractivity contribution in [2.24, 2.45) is 28.8 Å². The molecule has 0 amide bonds. The van der Waals surface area contributed by atoms with Crippen molar-refractivity contribution in [3.8, 4) is 0 Å². The minimum Gasteiger partial charge on any atom is -0.462 e. The van der Waals surface area contributed by atoms with Gasteiger partial charge in [-0.25, -0.2) is 0 Å². The number of ether oxygens (including phenoxy) is 1. The summed E-state index contributed by atoms with van der Waals surface area (Å²) in [4.78, 5) is 14.7. The Morgan fingerprint density at radius 1 is 1.45 bits per heavy atom. The summed E-state index contributed by atoms with van der Waals surface area (Å²) in [6.45, 7) is 8.06. The Balaban J connectivity index is 2.77. The third kappa shape index (κ3) is 4.12. The molecular formula is C14H25N3O3. The summed E-state index contributed by atoms with van der Waals surface area (Å²) in [5, 5.41) is 13.2. The van der Waals surface area contributed by atoms with Gasteiger partial charge in [0.05, 0.1) is 12.0 Å². The summed E-state index contributed by atoms with van der Waals surface area (Å²) in [5.74, 6) is 0.228. The molecule has 0 aromatic rings. The first-order valence-electron chi connectivity index (χ1n) is 7.26. The lowest BCUT2D eigenvalue weighted by molar-refractivity contribution is -0.146. The molecule has 6 nitrogen and oxygen atoms in total. The molecule has 1 aliphatic heterocycles. The SMILES string of the molecule is CC(C)C(CO)CC(N=[N+]=[N-])C1CC(C(C)C)C(=O)O1. The smallest absolute Gasteiger partial charge is 0.309 e. The number of hydrogen-bond acceptors (Lipinski definition) is 4. The molecule has 20 heavy (non-hydrogen) atoms. The Labute approximate surface area is 120 Å². The van der Waals surface area contributed by atoms with Gasteiger partial charge in [0, 0.05) is 11.5 Å². The van der Waals surface area contributed by atoms with Gasteiger partial charge in [-0.1, -0.05) is 32.8 Å². The van der Waals surface area contributed by atoms with E-state index in [1.807, 2.05) is 27.7 Å². The van der Waals surface area contributed by atoms with E-state index in [0.717, 1.165) is 0 Å². The van der Waals surface area contributed by atoms with Gasteiger partial charge in [0.1, 0.15) is 6.10 Å². The molecule has 0 radical (unpaired) electrons. The molecule has 1 heterocycles. The van der Waals surface area contributed by atoms with E-state index in [-0.39, 0.29) is 42.4 Å². The van der Waals surface area contributed by atoms with Gasteiger partial charge in [0.15, 0.2) is 0 Å². The van der Waals surface area contributed by atoms with Crippen LogP contribution in [0.15, 0.2) is 5.11 Å². The molecule has 4 unspecified atom stereocenters.